The normalized spacial score (nSPS) is 12.2. The molecule has 1 atom stereocenters. The van der Waals surface area contributed by atoms with Crippen LogP contribution in [0, 0.1) is 0 Å². The number of carbonyl (C=O) groups excluding carboxylic acids is 2. The molecule has 0 aliphatic rings. The first-order chi connectivity index (χ1) is 12.2. The molecule has 1 N–H and O–H groups in total. The van der Waals surface area contributed by atoms with Gasteiger partial charge in [-0.2, -0.15) is 0 Å². The van der Waals surface area contributed by atoms with Crippen LogP contribution in [0.3, 0.4) is 0 Å². The number of benzene rings is 2. The number of esters is 1. The first-order valence-corrected chi connectivity index (χ1v) is 8.47. The minimum absolute atomic E-state index is 0.0673. The molecule has 138 valence electrons. The lowest BCUT2D eigenvalue weighted by Crippen LogP contribution is -2.30. The van der Waals surface area contributed by atoms with Crippen LogP contribution >= 0.6 is 0 Å². The molecule has 0 saturated heterocycles. The molecule has 0 aliphatic heterocycles. The molecule has 0 aromatic heterocycles. The van der Waals surface area contributed by atoms with Gasteiger partial charge in [-0.05, 0) is 54.3 Å². The van der Waals surface area contributed by atoms with Crippen LogP contribution in [0.4, 0.5) is 5.69 Å². The maximum absolute atomic E-state index is 12.3. The molecule has 26 heavy (non-hydrogen) atoms. The largest absolute Gasteiger partial charge is 0.481 e. The molecule has 2 aromatic carbocycles. The molecule has 1 amide bonds. The Labute approximate surface area is 154 Å². The summed E-state index contributed by atoms with van der Waals surface area (Å²) in [5.74, 6) is -0.0457. The lowest BCUT2D eigenvalue weighted by molar-refractivity contribution is -0.122. The monoisotopic (exact) mass is 355 g/mol. The van der Waals surface area contributed by atoms with Crippen molar-refractivity contribution >= 4 is 17.6 Å². The zero-order valence-corrected chi connectivity index (χ0v) is 15.8. The molecule has 5 heteroatoms. The molecule has 0 fully saturated rings. The van der Waals surface area contributed by atoms with E-state index in [4.69, 9.17) is 4.74 Å². The fourth-order valence-electron chi connectivity index (χ4n) is 2.34. The summed E-state index contributed by atoms with van der Waals surface area (Å²) in [5.41, 5.74) is 2.28. The molecular weight excluding hydrogens is 330 g/mol. The van der Waals surface area contributed by atoms with Crippen LogP contribution in [-0.2, 0) is 14.9 Å². The van der Waals surface area contributed by atoms with Crippen molar-refractivity contribution in [2.75, 3.05) is 12.4 Å². The van der Waals surface area contributed by atoms with Gasteiger partial charge < -0.3 is 14.8 Å². The SMILES string of the molecule is COC(=O)c1ccc(NC(=O)[C@@H](C)Oc2ccc(C(C)(C)C)cc2)cc1. The fraction of sp³-hybridized carbons (Fsp3) is 0.333. The minimum Gasteiger partial charge on any atom is -0.481 e. The second kappa shape index (κ2) is 8.04. The summed E-state index contributed by atoms with van der Waals surface area (Å²) in [5, 5.41) is 2.77. The number of rotatable bonds is 5. The summed E-state index contributed by atoms with van der Waals surface area (Å²) in [6.45, 7) is 8.12. The van der Waals surface area contributed by atoms with Gasteiger partial charge in [0.25, 0.3) is 5.91 Å². The van der Waals surface area contributed by atoms with Gasteiger partial charge in [0, 0.05) is 5.69 Å². The van der Waals surface area contributed by atoms with Crippen molar-refractivity contribution in [2.24, 2.45) is 0 Å². The average Bonchev–Trinajstić information content (AvgIpc) is 2.61. The van der Waals surface area contributed by atoms with E-state index in [1.807, 2.05) is 24.3 Å². The summed E-state index contributed by atoms with van der Waals surface area (Å²) in [6, 6.07) is 14.2. The highest BCUT2D eigenvalue weighted by Gasteiger charge is 2.17. The topological polar surface area (TPSA) is 64.6 Å². The lowest BCUT2D eigenvalue weighted by Gasteiger charge is -2.20. The second-order valence-electron chi connectivity index (χ2n) is 7.09. The molecule has 0 saturated carbocycles. The van der Waals surface area contributed by atoms with E-state index in [-0.39, 0.29) is 11.3 Å². The first-order valence-electron chi connectivity index (χ1n) is 8.47. The molecular formula is C21H25NO4. The van der Waals surface area contributed by atoms with Crippen molar-refractivity contribution in [2.45, 2.75) is 39.2 Å². The number of nitrogens with one attached hydrogen (secondary N) is 1. The number of hydrogen-bond acceptors (Lipinski definition) is 4. The standard InChI is InChI=1S/C21H25NO4/c1-14(26-18-12-8-16(9-13-18)21(2,3)4)19(23)22-17-10-6-15(7-11-17)20(24)25-5/h6-14H,1-5H3,(H,22,23)/t14-/m1/s1. The van der Waals surface area contributed by atoms with Gasteiger partial charge in [-0.1, -0.05) is 32.9 Å². The van der Waals surface area contributed by atoms with Crippen LogP contribution in [0.15, 0.2) is 48.5 Å². The fourth-order valence-corrected chi connectivity index (χ4v) is 2.34. The Kier molecular flexibility index (Phi) is 6.03. The zero-order valence-electron chi connectivity index (χ0n) is 15.8. The van der Waals surface area contributed by atoms with Gasteiger partial charge in [0.2, 0.25) is 0 Å². The van der Waals surface area contributed by atoms with Gasteiger partial charge in [-0.3, -0.25) is 4.79 Å². The highest BCUT2D eigenvalue weighted by atomic mass is 16.5. The third-order valence-corrected chi connectivity index (χ3v) is 3.98. The predicted molar refractivity (Wildman–Crippen MR) is 102 cm³/mol. The molecule has 0 aliphatic carbocycles. The van der Waals surface area contributed by atoms with Crippen LogP contribution in [0.25, 0.3) is 0 Å². The number of anilines is 1. The maximum atomic E-state index is 12.3. The van der Waals surface area contributed by atoms with Crippen LogP contribution in [0.5, 0.6) is 5.75 Å². The van der Waals surface area contributed by atoms with Crippen LogP contribution in [-0.4, -0.2) is 25.1 Å². The van der Waals surface area contributed by atoms with Gasteiger partial charge in [-0.15, -0.1) is 0 Å². The van der Waals surface area contributed by atoms with Crippen molar-refractivity contribution in [1.82, 2.24) is 0 Å². The Morgan fingerprint density at radius 2 is 1.54 bits per heavy atom. The second-order valence-corrected chi connectivity index (χ2v) is 7.09. The Morgan fingerprint density at radius 3 is 2.04 bits per heavy atom. The number of amides is 1. The van der Waals surface area contributed by atoms with Crippen molar-refractivity contribution in [3.8, 4) is 5.75 Å². The zero-order chi connectivity index (χ0) is 19.3. The Hall–Kier alpha value is -2.82. The number of ether oxygens (including phenoxy) is 2. The summed E-state index contributed by atoms with van der Waals surface area (Å²) < 4.78 is 10.4. The van der Waals surface area contributed by atoms with Gasteiger partial charge in [-0.25, -0.2) is 4.79 Å². The lowest BCUT2D eigenvalue weighted by atomic mass is 9.87. The quantitative estimate of drug-likeness (QED) is 0.817. The molecule has 0 unspecified atom stereocenters. The molecule has 0 spiro atoms. The van der Waals surface area contributed by atoms with E-state index in [0.717, 1.165) is 0 Å². The van der Waals surface area contributed by atoms with Gasteiger partial charge in [0.15, 0.2) is 6.10 Å². The molecule has 2 rings (SSSR count). The Balaban J connectivity index is 1.96. The maximum Gasteiger partial charge on any atom is 0.337 e. The summed E-state index contributed by atoms with van der Waals surface area (Å²) >= 11 is 0. The molecule has 0 heterocycles. The van der Waals surface area contributed by atoms with E-state index in [0.29, 0.717) is 17.0 Å². The molecule has 5 nitrogen and oxygen atoms in total. The highest BCUT2D eigenvalue weighted by Crippen LogP contribution is 2.24. The average molecular weight is 355 g/mol. The van der Waals surface area contributed by atoms with Crippen LogP contribution in [0.1, 0.15) is 43.6 Å². The highest BCUT2D eigenvalue weighted by molar-refractivity contribution is 5.95. The number of hydrogen-bond donors (Lipinski definition) is 1. The van der Waals surface area contributed by atoms with E-state index >= 15 is 0 Å². The summed E-state index contributed by atoms with van der Waals surface area (Å²) in [4.78, 5) is 23.7. The summed E-state index contributed by atoms with van der Waals surface area (Å²) in [7, 11) is 1.32. The molecule has 0 bridgehead atoms. The van der Waals surface area contributed by atoms with E-state index in [1.54, 1.807) is 31.2 Å². The summed E-state index contributed by atoms with van der Waals surface area (Å²) in [6.07, 6.45) is -0.657. The molecule has 0 radical (unpaired) electrons. The van der Waals surface area contributed by atoms with E-state index in [9.17, 15) is 9.59 Å². The van der Waals surface area contributed by atoms with E-state index in [2.05, 4.69) is 30.8 Å². The third kappa shape index (κ3) is 5.09. The number of methoxy groups -OCH3 is 1. The van der Waals surface area contributed by atoms with Crippen molar-refractivity contribution < 1.29 is 19.1 Å². The third-order valence-electron chi connectivity index (χ3n) is 3.98. The number of carbonyl (C=O) groups is 2. The first kappa shape index (κ1) is 19.5. The molecule has 2 aromatic rings. The van der Waals surface area contributed by atoms with Gasteiger partial charge in [0.1, 0.15) is 5.75 Å². The van der Waals surface area contributed by atoms with E-state index in [1.165, 1.54) is 12.7 Å². The Bertz CT molecular complexity index is 758. The van der Waals surface area contributed by atoms with Crippen molar-refractivity contribution in [1.29, 1.82) is 0 Å². The van der Waals surface area contributed by atoms with Crippen LogP contribution < -0.4 is 10.1 Å². The van der Waals surface area contributed by atoms with Gasteiger partial charge in [0.05, 0.1) is 12.7 Å². The van der Waals surface area contributed by atoms with Crippen molar-refractivity contribution in [3.63, 3.8) is 0 Å². The van der Waals surface area contributed by atoms with Gasteiger partial charge >= 0.3 is 5.97 Å². The van der Waals surface area contributed by atoms with E-state index < -0.39 is 12.1 Å². The smallest absolute Gasteiger partial charge is 0.337 e. The predicted octanol–water partition coefficient (Wildman–Crippen LogP) is 4.18. The minimum atomic E-state index is -0.657. The van der Waals surface area contributed by atoms with Crippen LogP contribution in [0.2, 0.25) is 0 Å². The Morgan fingerprint density at radius 1 is 0.962 bits per heavy atom. The van der Waals surface area contributed by atoms with Crippen molar-refractivity contribution in [3.05, 3.63) is 59.7 Å².